The number of piperidine rings is 1. The van der Waals surface area contributed by atoms with E-state index in [0.717, 1.165) is 31.5 Å². The SMILES string of the molecule is Cc1cccc(/C=C/C(=O)N2CCCC(C(C)N)C2)c1. The van der Waals surface area contributed by atoms with Crippen LogP contribution in [0.5, 0.6) is 0 Å². The predicted molar refractivity (Wildman–Crippen MR) is 83.2 cm³/mol. The number of nitrogens with zero attached hydrogens (tertiary/aromatic N) is 1. The molecule has 0 aliphatic carbocycles. The average Bonchev–Trinajstić information content (AvgIpc) is 2.45. The van der Waals surface area contributed by atoms with Crippen molar-refractivity contribution in [2.75, 3.05) is 13.1 Å². The number of likely N-dealkylation sites (tertiary alicyclic amines) is 1. The van der Waals surface area contributed by atoms with Gasteiger partial charge < -0.3 is 10.6 Å². The van der Waals surface area contributed by atoms with Crippen molar-refractivity contribution < 1.29 is 4.79 Å². The minimum Gasteiger partial charge on any atom is -0.339 e. The maximum Gasteiger partial charge on any atom is 0.246 e. The highest BCUT2D eigenvalue weighted by molar-refractivity contribution is 5.91. The van der Waals surface area contributed by atoms with Crippen molar-refractivity contribution in [1.29, 1.82) is 0 Å². The lowest BCUT2D eigenvalue weighted by Crippen LogP contribution is -2.44. The lowest BCUT2D eigenvalue weighted by atomic mass is 9.92. The molecular weight excluding hydrogens is 248 g/mol. The van der Waals surface area contributed by atoms with Gasteiger partial charge in [0, 0.05) is 25.2 Å². The molecule has 0 saturated carbocycles. The van der Waals surface area contributed by atoms with E-state index in [1.165, 1.54) is 5.56 Å². The third-order valence-corrected chi connectivity index (χ3v) is 3.97. The van der Waals surface area contributed by atoms with Crippen molar-refractivity contribution in [2.24, 2.45) is 11.7 Å². The third-order valence-electron chi connectivity index (χ3n) is 3.97. The van der Waals surface area contributed by atoms with Crippen LogP contribution in [0.1, 0.15) is 30.9 Å². The zero-order valence-corrected chi connectivity index (χ0v) is 12.4. The summed E-state index contributed by atoms with van der Waals surface area (Å²) in [6.45, 7) is 5.72. The van der Waals surface area contributed by atoms with Crippen LogP contribution in [-0.2, 0) is 4.79 Å². The van der Waals surface area contributed by atoms with Crippen LogP contribution in [0.4, 0.5) is 0 Å². The molecule has 0 radical (unpaired) electrons. The summed E-state index contributed by atoms with van der Waals surface area (Å²) in [5.74, 6) is 0.525. The second kappa shape index (κ2) is 6.71. The molecule has 1 saturated heterocycles. The molecule has 2 N–H and O–H groups in total. The molecule has 1 aromatic carbocycles. The van der Waals surface area contributed by atoms with Crippen molar-refractivity contribution in [3.8, 4) is 0 Å². The molecule has 1 fully saturated rings. The number of benzene rings is 1. The Hall–Kier alpha value is -1.61. The Labute approximate surface area is 121 Å². The number of rotatable bonds is 3. The van der Waals surface area contributed by atoms with E-state index in [0.29, 0.717) is 5.92 Å². The van der Waals surface area contributed by atoms with Gasteiger partial charge in [-0.25, -0.2) is 0 Å². The van der Waals surface area contributed by atoms with Crippen LogP contribution in [0.3, 0.4) is 0 Å². The Bertz CT molecular complexity index is 494. The lowest BCUT2D eigenvalue weighted by molar-refractivity contribution is -0.127. The van der Waals surface area contributed by atoms with Gasteiger partial charge in [-0.3, -0.25) is 4.79 Å². The zero-order valence-electron chi connectivity index (χ0n) is 12.4. The fourth-order valence-electron chi connectivity index (χ4n) is 2.69. The van der Waals surface area contributed by atoms with Gasteiger partial charge in [-0.1, -0.05) is 29.8 Å². The number of hydrogen-bond donors (Lipinski definition) is 1. The molecule has 1 aliphatic rings. The van der Waals surface area contributed by atoms with E-state index in [1.54, 1.807) is 6.08 Å². The van der Waals surface area contributed by atoms with Crippen molar-refractivity contribution in [3.63, 3.8) is 0 Å². The van der Waals surface area contributed by atoms with Gasteiger partial charge in [0.15, 0.2) is 0 Å². The van der Waals surface area contributed by atoms with Gasteiger partial charge in [0.2, 0.25) is 5.91 Å². The first-order valence-corrected chi connectivity index (χ1v) is 7.35. The van der Waals surface area contributed by atoms with Crippen molar-refractivity contribution >= 4 is 12.0 Å². The van der Waals surface area contributed by atoms with Gasteiger partial charge >= 0.3 is 0 Å². The summed E-state index contributed by atoms with van der Waals surface area (Å²) >= 11 is 0. The topological polar surface area (TPSA) is 46.3 Å². The molecule has 0 bridgehead atoms. The van der Waals surface area contributed by atoms with Crippen LogP contribution < -0.4 is 5.73 Å². The second-order valence-electron chi connectivity index (χ2n) is 5.79. The third kappa shape index (κ3) is 3.94. The first-order valence-electron chi connectivity index (χ1n) is 7.35. The van der Waals surface area contributed by atoms with Crippen molar-refractivity contribution in [2.45, 2.75) is 32.7 Å². The molecule has 2 rings (SSSR count). The van der Waals surface area contributed by atoms with Gasteiger partial charge in [-0.05, 0) is 44.2 Å². The molecule has 2 atom stereocenters. The van der Waals surface area contributed by atoms with Crippen LogP contribution in [0, 0.1) is 12.8 Å². The smallest absolute Gasteiger partial charge is 0.246 e. The van der Waals surface area contributed by atoms with E-state index in [4.69, 9.17) is 5.73 Å². The summed E-state index contributed by atoms with van der Waals surface area (Å²) in [4.78, 5) is 14.1. The zero-order chi connectivity index (χ0) is 14.5. The van der Waals surface area contributed by atoms with E-state index < -0.39 is 0 Å². The molecule has 3 nitrogen and oxygen atoms in total. The van der Waals surface area contributed by atoms with E-state index in [9.17, 15) is 4.79 Å². The van der Waals surface area contributed by atoms with Crippen LogP contribution in [0.15, 0.2) is 30.3 Å². The summed E-state index contributed by atoms with van der Waals surface area (Å²) in [5, 5.41) is 0. The highest BCUT2D eigenvalue weighted by Crippen LogP contribution is 2.19. The molecule has 108 valence electrons. The Morgan fingerprint density at radius 3 is 3.00 bits per heavy atom. The molecule has 20 heavy (non-hydrogen) atoms. The minimum atomic E-state index is 0.0943. The number of carbonyl (C=O) groups is 1. The maximum absolute atomic E-state index is 12.2. The summed E-state index contributed by atoms with van der Waals surface area (Å²) in [5.41, 5.74) is 8.23. The quantitative estimate of drug-likeness (QED) is 0.860. The minimum absolute atomic E-state index is 0.0943. The van der Waals surface area contributed by atoms with E-state index in [1.807, 2.05) is 30.0 Å². The monoisotopic (exact) mass is 272 g/mol. The number of nitrogens with two attached hydrogens (primary N) is 1. The molecule has 2 unspecified atom stereocenters. The second-order valence-corrected chi connectivity index (χ2v) is 5.79. The molecule has 3 heteroatoms. The van der Waals surface area contributed by atoms with E-state index in [-0.39, 0.29) is 11.9 Å². The molecule has 1 amide bonds. The maximum atomic E-state index is 12.2. The first-order chi connectivity index (χ1) is 9.56. The predicted octanol–water partition coefficient (Wildman–Crippen LogP) is 2.59. The van der Waals surface area contributed by atoms with Gasteiger partial charge in [0.25, 0.3) is 0 Å². The molecule has 0 spiro atoms. The molecule has 0 aromatic heterocycles. The normalized spacial score (nSPS) is 21.1. The van der Waals surface area contributed by atoms with Crippen molar-refractivity contribution in [3.05, 3.63) is 41.5 Å². The first kappa shape index (κ1) is 14.8. The van der Waals surface area contributed by atoms with Crippen LogP contribution >= 0.6 is 0 Å². The molecular formula is C17H24N2O. The number of aryl methyl sites for hydroxylation is 1. The Kier molecular flexibility index (Phi) is 4.96. The lowest BCUT2D eigenvalue weighted by Gasteiger charge is -2.34. The van der Waals surface area contributed by atoms with Gasteiger partial charge in [0.1, 0.15) is 0 Å². The largest absolute Gasteiger partial charge is 0.339 e. The Morgan fingerprint density at radius 2 is 2.30 bits per heavy atom. The number of hydrogen-bond acceptors (Lipinski definition) is 2. The van der Waals surface area contributed by atoms with Crippen LogP contribution in [0.2, 0.25) is 0 Å². The van der Waals surface area contributed by atoms with E-state index in [2.05, 4.69) is 19.1 Å². The van der Waals surface area contributed by atoms with Gasteiger partial charge in [-0.2, -0.15) is 0 Å². The molecule has 1 aliphatic heterocycles. The summed E-state index contributed by atoms with van der Waals surface area (Å²) in [7, 11) is 0. The summed E-state index contributed by atoms with van der Waals surface area (Å²) in [6.07, 6.45) is 5.75. The fourth-order valence-corrected chi connectivity index (χ4v) is 2.69. The average molecular weight is 272 g/mol. The number of carbonyl (C=O) groups excluding carboxylic acids is 1. The summed E-state index contributed by atoms with van der Waals surface area (Å²) in [6, 6.07) is 8.30. The fraction of sp³-hybridized carbons (Fsp3) is 0.471. The number of amides is 1. The summed E-state index contributed by atoms with van der Waals surface area (Å²) < 4.78 is 0. The van der Waals surface area contributed by atoms with Gasteiger partial charge in [-0.15, -0.1) is 0 Å². The van der Waals surface area contributed by atoms with Crippen LogP contribution in [0.25, 0.3) is 6.08 Å². The Balaban J connectivity index is 1.97. The molecule has 1 aromatic rings. The highest BCUT2D eigenvalue weighted by atomic mass is 16.2. The van der Waals surface area contributed by atoms with E-state index >= 15 is 0 Å². The van der Waals surface area contributed by atoms with Crippen molar-refractivity contribution in [1.82, 2.24) is 4.90 Å². The standard InChI is InChI=1S/C17H24N2O/c1-13-5-3-6-15(11-13)8-9-17(20)19-10-4-7-16(12-19)14(2)18/h3,5-6,8-9,11,14,16H,4,7,10,12,18H2,1-2H3/b9-8+. The van der Waals surface area contributed by atoms with Gasteiger partial charge in [0.05, 0.1) is 0 Å². The molecule has 1 heterocycles. The Morgan fingerprint density at radius 1 is 1.50 bits per heavy atom. The van der Waals surface area contributed by atoms with Crippen LogP contribution in [-0.4, -0.2) is 29.9 Å². The highest BCUT2D eigenvalue weighted by Gasteiger charge is 2.24.